The monoisotopic (exact) mass is 340 g/mol. The Balaban J connectivity index is 0.000000956. The fraction of sp³-hybridized carbons (Fsp3) is 0.562. The molecule has 0 unspecified atom stereocenters. The van der Waals surface area contributed by atoms with Crippen LogP contribution in [0.3, 0.4) is 0 Å². The van der Waals surface area contributed by atoms with E-state index in [-0.39, 0.29) is 11.9 Å². The van der Waals surface area contributed by atoms with E-state index in [0.717, 1.165) is 41.5 Å². The van der Waals surface area contributed by atoms with E-state index in [1.54, 1.807) is 0 Å². The highest BCUT2D eigenvalue weighted by atomic mass is 79.9. The Bertz CT molecular complexity index is 428. The Morgan fingerprint density at radius 2 is 2.05 bits per heavy atom. The van der Waals surface area contributed by atoms with Gasteiger partial charge in [0.25, 0.3) is 5.91 Å². The number of nitrogens with zero attached hydrogens (tertiary/aromatic N) is 1. The minimum atomic E-state index is 0.0275. The van der Waals surface area contributed by atoms with Crippen LogP contribution in [0.1, 0.15) is 42.6 Å². The zero-order chi connectivity index (χ0) is 15.1. The largest absolute Gasteiger partial charge is 0.348 e. The second-order valence-electron chi connectivity index (χ2n) is 5.09. The summed E-state index contributed by atoms with van der Waals surface area (Å²) in [5.74, 6) is 0.0275. The first kappa shape index (κ1) is 17.2. The number of piperidine rings is 1. The topological polar surface area (TPSA) is 32.3 Å². The molecular formula is C16H25BrN2O. The van der Waals surface area contributed by atoms with Crippen molar-refractivity contribution in [3.63, 3.8) is 0 Å². The van der Waals surface area contributed by atoms with E-state index >= 15 is 0 Å². The first-order valence-corrected chi connectivity index (χ1v) is 8.10. The third-order valence-corrected chi connectivity index (χ3v) is 3.72. The number of carbonyl (C=O) groups excluding carboxylic acids is 1. The molecule has 1 N–H and O–H groups in total. The summed E-state index contributed by atoms with van der Waals surface area (Å²) in [6.45, 7) is 8.07. The number of hydrogen-bond acceptors (Lipinski definition) is 2. The van der Waals surface area contributed by atoms with E-state index in [4.69, 9.17) is 0 Å². The lowest BCUT2D eigenvalue weighted by Gasteiger charge is -2.30. The summed E-state index contributed by atoms with van der Waals surface area (Å²) in [5.41, 5.74) is 1.82. The van der Waals surface area contributed by atoms with E-state index in [9.17, 15) is 4.79 Å². The van der Waals surface area contributed by atoms with Gasteiger partial charge in [0.1, 0.15) is 0 Å². The quantitative estimate of drug-likeness (QED) is 0.891. The number of likely N-dealkylation sites (tertiary alicyclic amines) is 1. The molecule has 0 spiro atoms. The first-order chi connectivity index (χ1) is 9.54. The van der Waals surface area contributed by atoms with Gasteiger partial charge in [-0.3, -0.25) is 4.79 Å². The van der Waals surface area contributed by atoms with Crippen LogP contribution in [-0.2, 0) is 0 Å². The molecule has 0 bridgehead atoms. The number of carbonyl (C=O) groups is 1. The maximum Gasteiger partial charge on any atom is 0.251 e. The van der Waals surface area contributed by atoms with Gasteiger partial charge in [0.15, 0.2) is 0 Å². The summed E-state index contributed by atoms with van der Waals surface area (Å²) in [6, 6.07) is 6.07. The molecule has 2 rings (SSSR count). The number of rotatable bonds is 2. The number of halogens is 1. The molecule has 0 aromatic heterocycles. The molecule has 3 nitrogen and oxygen atoms in total. The van der Waals surface area contributed by atoms with Crippen LogP contribution in [-0.4, -0.2) is 37.0 Å². The van der Waals surface area contributed by atoms with Gasteiger partial charge in [-0.05, 0) is 57.1 Å². The van der Waals surface area contributed by atoms with Crippen molar-refractivity contribution in [1.29, 1.82) is 0 Å². The second kappa shape index (κ2) is 8.42. The molecule has 112 valence electrons. The fourth-order valence-corrected chi connectivity index (χ4v) is 3.03. The molecule has 1 heterocycles. The van der Waals surface area contributed by atoms with Crippen molar-refractivity contribution >= 4 is 21.8 Å². The van der Waals surface area contributed by atoms with Gasteiger partial charge in [-0.15, -0.1) is 0 Å². The molecule has 1 aromatic carbocycles. The normalized spacial score (nSPS) is 18.9. The summed E-state index contributed by atoms with van der Waals surface area (Å²) in [4.78, 5) is 14.4. The predicted molar refractivity (Wildman–Crippen MR) is 88.2 cm³/mol. The summed E-state index contributed by atoms with van der Waals surface area (Å²) in [5, 5.41) is 3.12. The fourth-order valence-electron chi connectivity index (χ4n) is 2.42. The van der Waals surface area contributed by atoms with E-state index in [1.165, 1.54) is 0 Å². The zero-order valence-corrected chi connectivity index (χ0v) is 14.5. The molecule has 0 aliphatic carbocycles. The van der Waals surface area contributed by atoms with Crippen LogP contribution in [0.15, 0.2) is 22.7 Å². The van der Waals surface area contributed by atoms with Gasteiger partial charge in [-0.2, -0.15) is 0 Å². The Morgan fingerprint density at radius 1 is 1.35 bits per heavy atom. The molecule has 1 aromatic rings. The Kier molecular flexibility index (Phi) is 7.24. The summed E-state index contributed by atoms with van der Waals surface area (Å²) in [6.07, 6.45) is 2.22. The van der Waals surface area contributed by atoms with Crippen LogP contribution in [0.25, 0.3) is 0 Å². The number of likely N-dealkylation sites (N-methyl/N-ethyl adjacent to an activating group) is 1. The maximum absolute atomic E-state index is 12.2. The van der Waals surface area contributed by atoms with Crippen LogP contribution >= 0.6 is 15.9 Å². The minimum absolute atomic E-state index is 0.0275. The van der Waals surface area contributed by atoms with Crippen LogP contribution in [0.4, 0.5) is 0 Å². The van der Waals surface area contributed by atoms with Gasteiger partial charge in [0, 0.05) is 22.6 Å². The van der Waals surface area contributed by atoms with Gasteiger partial charge in [0.05, 0.1) is 0 Å². The van der Waals surface area contributed by atoms with E-state index in [1.807, 2.05) is 39.0 Å². The second-order valence-corrected chi connectivity index (χ2v) is 6.01. The van der Waals surface area contributed by atoms with Crippen molar-refractivity contribution < 1.29 is 4.79 Å². The lowest BCUT2D eigenvalue weighted by atomic mass is 10.1. The highest BCUT2D eigenvalue weighted by Gasteiger charge is 2.19. The van der Waals surface area contributed by atoms with E-state index < -0.39 is 0 Å². The minimum Gasteiger partial charge on any atom is -0.348 e. The third-order valence-electron chi connectivity index (χ3n) is 3.26. The van der Waals surface area contributed by atoms with Crippen LogP contribution in [0.2, 0.25) is 0 Å². The molecule has 1 fully saturated rings. The van der Waals surface area contributed by atoms with Crippen molar-refractivity contribution in [3.8, 4) is 0 Å². The molecule has 1 aliphatic heterocycles. The van der Waals surface area contributed by atoms with E-state index in [0.29, 0.717) is 0 Å². The lowest BCUT2D eigenvalue weighted by Crippen LogP contribution is -2.46. The molecule has 1 saturated heterocycles. The summed E-state index contributed by atoms with van der Waals surface area (Å²) in [7, 11) is 2.10. The Hall–Kier alpha value is -0.870. The van der Waals surface area contributed by atoms with Gasteiger partial charge in [0.2, 0.25) is 0 Å². The molecular weight excluding hydrogens is 316 g/mol. The zero-order valence-electron chi connectivity index (χ0n) is 12.9. The summed E-state index contributed by atoms with van der Waals surface area (Å²) >= 11 is 3.43. The lowest BCUT2D eigenvalue weighted by molar-refractivity contribution is 0.0912. The van der Waals surface area contributed by atoms with Crippen molar-refractivity contribution in [3.05, 3.63) is 33.8 Å². The standard InChI is InChI=1S/C14H19BrN2O.C2H6/c1-10-6-11(8-12(15)7-10)14(18)16-13-4-3-5-17(2)9-13;1-2/h6-8,13H,3-5,9H2,1-2H3,(H,16,18);1-2H3/t13-;/m1./s1. The van der Waals surface area contributed by atoms with Crippen LogP contribution in [0.5, 0.6) is 0 Å². The van der Waals surface area contributed by atoms with Gasteiger partial charge < -0.3 is 10.2 Å². The molecule has 1 atom stereocenters. The highest BCUT2D eigenvalue weighted by molar-refractivity contribution is 9.10. The van der Waals surface area contributed by atoms with Crippen LogP contribution < -0.4 is 5.32 Å². The van der Waals surface area contributed by atoms with Crippen molar-refractivity contribution in [2.45, 2.75) is 39.7 Å². The number of hydrogen-bond donors (Lipinski definition) is 1. The molecule has 1 amide bonds. The highest BCUT2D eigenvalue weighted by Crippen LogP contribution is 2.16. The SMILES string of the molecule is CC.Cc1cc(Br)cc(C(=O)N[C@@H]2CCCN(C)C2)c1. The number of benzene rings is 1. The van der Waals surface area contributed by atoms with Crippen molar-refractivity contribution in [2.24, 2.45) is 0 Å². The average Bonchev–Trinajstić information content (AvgIpc) is 2.40. The Labute approximate surface area is 130 Å². The summed E-state index contributed by atoms with van der Waals surface area (Å²) < 4.78 is 0.952. The number of aryl methyl sites for hydroxylation is 1. The van der Waals surface area contributed by atoms with Crippen molar-refractivity contribution in [2.75, 3.05) is 20.1 Å². The maximum atomic E-state index is 12.2. The number of amides is 1. The number of nitrogens with one attached hydrogen (secondary N) is 1. The smallest absolute Gasteiger partial charge is 0.251 e. The molecule has 1 aliphatic rings. The third kappa shape index (κ3) is 5.25. The molecule has 0 saturated carbocycles. The predicted octanol–water partition coefficient (Wildman–Crippen LogP) is 3.61. The van der Waals surface area contributed by atoms with Crippen LogP contribution in [0, 0.1) is 6.92 Å². The molecule has 0 radical (unpaired) electrons. The van der Waals surface area contributed by atoms with Gasteiger partial charge in [-0.25, -0.2) is 0 Å². The molecule has 4 heteroatoms. The first-order valence-electron chi connectivity index (χ1n) is 7.31. The van der Waals surface area contributed by atoms with Gasteiger partial charge >= 0.3 is 0 Å². The average molecular weight is 341 g/mol. The van der Waals surface area contributed by atoms with E-state index in [2.05, 4.69) is 33.2 Å². The Morgan fingerprint density at radius 3 is 2.65 bits per heavy atom. The molecule has 20 heavy (non-hydrogen) atoms. The van der Waals surface area contributed by atoms with Gasteiger partial charge in [-0.1, -0.05) is 29.8 Å². The van der Waals surface area contributed by atoms with Crippen molar-refractivity contribution in [1.82, 2.24) is 10.2 Å².